The minimum atomic E-state index is 1.01. The zero-order valence-corrected chi connectivity index (χ0v) is 10.6. The highest BCUT2D eigenvalue weighted by Gasteiger charge is 2.03. The Labute approximate surface area is 98.1 Å². The molecule has 1 aromatic rings. The maximum atomic E-state index is 4.30. The Balaban J connectivity index is 3.15. The van der Waals surface area contributed by atoms with Gasteiger partial charge in [0, 0.05) is 11.3 Å². The molecule has 0 aliphatic rings. The summed E-state index contributed by atoms with van der Waals surface area (Å²) in [6.45, 7) is 8.39. The highest BCUT2D eigenvalue weighted by Crippen LogP contribution is 2.17. The fourth-order valence-corrected chi connectivity index (χ4v) is 1.68. The molecular weight excluding hydrogens is 196 g/mol. The Morgan fingerprint density at radius 1 is 1.38 bits per heavy atom. The normalized spacial score (nSPS) is 12.4. The van der Waals surface area contributed by atoms with Gasteiger partial charge in [0.05, 0.1) is 5.69 Å². The summed E-state index contributed by atoms with van der Waals surface area (Å²) in [5, 5.41) is 0. The molecule has 0 fully saturated rings. The molecule has 0 aromatic carbocycles. The maximum absolute atomic E-state index is 4.30. The largest absolute Gasteiger partial charge is 0.241 e. The van der Waals surface area contributed by atoms with Crippen LogP contribution in [0.2, 0.25) is 0 Å². The van der Waals surface area contributed by atoms with Crippen LogP contribution in [-0.2, 0) is 0 Å². The highest BCUT2D eigenvalue weighted by atomic mass is 14.8. The van der Waals surface area contributed by atoms with Gasteiger partial charge >= 0.3 is 0 Å². The number of aromatic nitrogens is 2. The Morgan fingerprint density at radius 2 is 2.12 bits per heavy atom. The zero-order valence-electron chi connectivity index (χ0n) is 10.6. The zero-order chi connectivity index (χ0) is 12.0. The van der Waals surface area contributed by atoms with E-state index in [1.807, 2.05) is 26.0 Å². The summed E-state index contributed by atoms with van der Waals surface area (Å²) >= 11 is 0. The second-order valence-electron chi connectivity index (χ2n) is 4.00. The summed E-state index contributed by atoms with van der Waals surface area (Å²) in [4.78, 5) is 8.55. The summed E-state index contributed by atoms with van der Waals surface area (Å²) in [5.74, 6) is 0. The van der Waals surface area contributed by atoms with Gasteiger partial charge in [-0.3, -0.25) is 0 Å². The van der Waals surface area contributed by atoms with Crippen molar-refractivity contribution in [2.75, 3.05) is 0 Å². The first-order valence-corrected chi connectivity index (χ1v) is 5.80. The van der Waals surface area contributed by atoms with E-state index in [0.29, 0.717) is 0 Å². The van der Waals surface area contributed by atoms with Crippen LogP contribution in [0.5, 0.6) is 0 Å². The number of rotatable bonds is 4. The molecule has 86 valence electrons. The van der Waals surface area contributed by atoms with E-state index in [1.54, 1.807) is 6.33 Å². The van der Waals surface area contributed by atoms with Crippen molar-refractivity contribution in [3.8, 4) is 0 Å². The average molecular weight is 216 g/mol. The minimum Gasteiger partial charge on any atom is -0.241 e. The maximum Gasteiger partial charge on any atom is 0.116 e. The van der Waals surface area contributed by atoms with Gasteiger partial charge in [-0.15, -0.1) is 0 Å². The number of nitrogens with zero attached hydrogens (tertiary/aromatic N) is 2. The third-order valence-corrected chi connectivity index (χ3v) is 2.47. The molecule has 1 rings (SSSR count). The van der Waals surface area contributed by atoms with Crippen LogP contribution >= 0.6 is 0 Å². The van der Waals surface area contributed by atoms with Crippen LogP contribution in [0.4, 0.5) is 0 Å². The summed E-state index contributed by atoms with van der Waals surface area (Å²) < 4.78 is 0. The summed E-state index contributed by atoms with van der Waals surface area (Å²) in [5.41, 5.74) is 4.57. The van der Waals surface area contributed by atoms with Crippen molar-refractivity contribution in [3.05, 3.63) is 34.9 Å². The lowest BCUT2D eigenvalue weighted by atomic mass is 10.1. The Bertz CT molecular complexity index is 403. The lowest BCUT2D eigenvalue weighted by Crippen LogP contribution is -1.94. The van der Waals surface area contributed by atoms with E-state index in [4.69, 9.17) is 0 Å². The average Bonchev–Trinajstić information content (AvgIpc) is 2.24. The van der Waals surface area contributed by atoms with E-state index < -0.39 is 0 Å². The van der Waals surface area contributed by atoms with Gasteiger partial charge in [0.15, 0.2) is 0 Å². The van der Waals surface area contributed by atoms with Gasteiger partial charge in [-0.05, 0) is 33.3 Å². The third kappa shape index (κ3) is 3.30. The smallest absolute Gasteiger partial charge is 0.116 e. The van der Waals surface area contributed by atoms with Gasteiger partial charge in [0.1, 0.15) is 6.33 Å². The van der Waals surface area contributed by atoms with Crippen LogP contribution in [0, 0.1) is 6.92 Å². The molecule has 1 aromatic heterocycles. The third-order valence-electron chi connectivity index (χ3n) is 2.47. The highest BCUT2D eigenvalue weighted by molar-refractivity contribution is 5.65. The SMILES string of the molecule is C/C=C/c1ncnc(C)c1/C=C(/C)CCC. The van der Waals surface area contributed by atoms with Gasteiger partial charge in [0.2, 0.25) is 0 Å². The number of hydrogen-bond acceptors (Lipinski definition) is 2. The molecule has 0 radical (unpaired) electrons. The van der Waals surface area contributed by atoms with Crippen molar-refractivity contribution in [1.82, 2.24) is 9.97 Å². The van der Waals surface area contributed by atoms with E-state index in [9.17, 15) is 0 Å². The van der Waals surface area contributed by atoms with Gasteiger partial charge < -0.3 is 0 Å². The van der Waals surface area contributed by atoms with E-state index in [1.165, 1.54) is 12.0 Å². The fourth-order valence-electron chi connectivity index (χ4n) is 1.68. The molecule has 0 saturated carbocycles. The Hall–Kier alpha value is -1.44. The molecule has 0 aliphatic carbocycles. The molecule has 0 bridgehead atoms. The first-order chi connectivity index (χ1) is 7.69. The van der Waals surface area contributed by atoms with Crippen LogP contribution in [0.3, 0.4) is 0 Å². The molecule has 0 unspecified atom stereocenters. The van der Waals surface area contributed by atoms with E-state index in [-0.39, 0.29) is 0 Å². The monoisotopic (exact) mass is 216 g/mol. The Kier molecular flexibility index (Phi) is 4.90. The lowest BCUT2D eigenvalue weighted by molar-refractivity contribution is 0.910. The first-order valence-electron chi connectivity index (χ1n) is 5.80. The van der Waals surface area contributed by atoms with Crippen LogP contribution in [0.1, 0.15) is 50.6 Å². The predicted molar refractivity (Wildman–Crippen MR) is 70.0 cm³/mol. The molecule has 0 amide bonds. The van der Waals surface area contributed by atoms with Crippen molar-refractivity contribution in [2.24, 2.45) is 0 Å². The second-order valence-corrected chi connectivity index (χ2v) is 4.00. The van der Waals surface area contributed by atoms with Crippen molar-refractivity contribution in [3.63, 3.8) is 0 Å². The van der Waals surface area contributed by atoms with Crippen LogP contribution < -0.4 is 0 Å². The molecule has 0 atom stereocenters. The van der Waals surface area contributed by atoms with Gasteiger partial charge in [-0.25, -0.2) is 9.97 Å². The molecule has 0 aliphatic heterocycles. The first kappa shape index (κ1) is 12.6. The number of hydrogen-bond donors (Lipinski definition) is 0. The van der Waals surface area contributed by atoms with Crippen LogP contribution in [0.25, 0.3) is 12.2 Å². The predicted octanol–water partition coefficient (Wildman–Crippen LogP) is 4.02. The van der Waals surface area contributed by atoms with Gasteiger partial charge in [-0.2, -0.15) is 0 Å². The van der Waals surface area contributed by atoms with Crippen molar-refractivity contribution < 1.29 is 0 Å². The number of aryl methyl sites for hydroxylation is 1. The van der Waals surface area contributed by atoms with E-state index >= 15 is 0 Å². The van der Waals surface area contributed by atoms with Gasteiger partial charge in [0.25, 0.3) is 0 Å². The summed E-state index contributed by atoms with van der Waals surface area (Å²) in [7, 11) is 0. The molecule has 1 heterocycles. The molecule has 2 heteroatoms. The quantitative estimate of drug-likeness (QED) is 0.759. The number of allylic oxidation sites excluding steroid dienone is 2. The van der Waals surface area contributed by atoms with E-state index in [2.05, 4.69) is 29.9 Å². The molecular formula is C14H20N2. The van der Waals surface area contributed by atoms with Crippen molar-refractivity contribution in [2.45, 2.75) is 40.5 Å². The molecule has 0 saturated heterocycles. The van der Waals surface area contributed by atoms with Gasteiger partial charge in [-0.1, -0.05) is 31.1 Å². The summed E-state index contributed by atoms with van der Waals surface area (Å²) in [6.07, 6.45) is 10.2. The van der Waals surface area contributed by atoms with Crippen LogP contribution in [0.15, 0.2) is 18.0 Å². The summed E-state index contributed by atoms with van der Waals surface area (Å²) in [6, 6.07) is 0. The van der Waals surface area contributed by atoms with Crippen LogP contribution in [-0.4, -0.2) is 9.97 Å². The fraction of sp³-hybridized carbons (Fsp3) is 0.429. The van der Waals surface area contributed by atoms with Crippen molar-refractivity contribution >= 4 is 12.2 Å². The standard InChI is InChI=1S/C14H20N2/c1-5-7-11(3)9-13-12(4)15-10-16-14(13)8-6-2/h6,8-10H,5,7H2,1-4H3/b8-6+,11-9-. The minimum absolute atomic E-state index is 1.01. The second kappa shape index (κ2) is 6.21. The van der Waals surface area contributed by atoms with E-state index in [0.717, 1.165) is 23.4 Å². The van der Waals surface area contributed by atoms with Crippen molar-refractivity contribution in [1.29, 1.82) is 0 Å². The molecule has 2 nitrogen and oxygen atoms in total. The topological polar surface area (TPSA) is 25.8 Å². The lowest BCUT2D eigenvalue weighted by Gasteiger charge is -2.05. The molecule has 0 N–H and O–H groups in total. The Morgan fingerprint density at radius 3 is 2.75 bits per heavy atom. The molecule has 16 heavy (non-hydrogen) atoms. The molecule has 0 spiro atoms.